The van der Waals surface area contributed by atoms with E-state index in [2.05, 4.69) is 5.32 Å². The number of rotatable bonds is 7. The number of nitrogens with one attached hydrogen (secondary N) is 1. The summed E-state index contributed by atoms with van der Waals surface area (Å²) in [5.41, 5.74) is 5.14. The van der Waals surface area contributed by atoms with Crippen LogP contribution in [0.5, 0.6) is 0 Å². The van der Waals surface area contributed by atoms with Crippen molar-refractivity contribution in [3.63, 3.8) is 0 Å². The van der Waals surface area contributed by atoms with E-state index in [0.29, 0.717) is 19.0 Å². The van der Waals surface area contributed by atoms with Gasteiger partial charge in [0.25, 0.3) is 5.91 Å². The normalized spacial score (nSPS) is 18.1. The van der Waals surface area contributed by atoms with Crippen molar-refractivity contribution in [2.75, 3.05) is 18.8 Å². The zero-order valence-electron chi connectivity index (χ0n) is 18.8. The monoisotopic (exact) mass is 517 g/mol. The van der Waals surface area contributed by atoms with Gasteiger partial charge in [-0.05, 0) is 53.8 Å². The standard InChI is InChI=1S/C23H27ClF3N3O3S/c1-3-34(32,33)20-7-5-17(24)10-16(20)12-29-22(31)15-4-6-18(19(11-15)23(25,26)27)21(28)30-9-8-14(2)13-30/h4-7,10-11,14,21H,3,8-9,12-13,28H2,1-2H3,(H,29,31)/t14?,21-/m1/s1. The average molecular weight is 518 g/mol. The second-order valence-corrected chi connectivity index (χ2v) is 11.2. The number of halogens is 4. The Kier molecular flexibility index (Phi) is 7.96. The Morgan fingerprint density at radius 3 is 2.56 bits per heavy atom. The Hall–Kier alpha value is -2.14. The molecule has 2 aromatic carbocycles. The molecule has 1 amide bonds. The lowest BCUT2D eigenvalue weighted by molar-refractivity contribution is -0.138. The summed E-state index contributed by atoms with van der Waals surface area (Å²) in [5, 5.41) is 2.77. The van der Waals surface area contributed by atoms with Gasteiger partial charge in [0.1, 0.15) is 0 Å². The maximum atomic E-state index is 13.8. The van der Waals surface area contributed by atoms with E-state index >= 15 is 0 Å². The summed E-state index contributed by atoms with van der Waals surface area (Å²) in [7, 11) is -3.59. The molecule has 3 rings (SSSR count). The van der Waals surface area contributed by atoms with Gasteiger partial charge in [-0.1, -0.05) is 31.5 Å². The van der Waals surface area contributed by atoms with Crippen molar-refractivity contribution in [3.05, 3.63) is 63.7 Å². The predicted molar refractivity (Wildman–Crippen MR) is 124 cm³/mol. The number of hydrogen-bond acceptors (Lipinski definition) is 5. The smallest absolute Gasteiger partial charge is 0.348 e. The van der Waals surface area contributed by atoms with E-state index in [0.717, 1.165) is 12.5 Å². The summed E-state index contributed by atoms with van der Waals surface area (Å²) in [6.45, 7) is 4.48. The van der Waals surface area contributed by atoms with E-state index in [1.807, 2.05) is 6.92 Å². The van der Waals surface area contributed by atoms with Gasteiger partial charge < -0.3 is 11.1 Å². The molecule has 186 valence electrons. The number of benzene rings is 2. The van der Waals surface area contributed by atoms with Gasteiger partial charge >= 0.3 is 6.18 Å². The topological polar surface area (TPSA) is 92.5 Å². The highest BCUT2D eigenvalue weighted by atomic mass is 35.5. The molecule has 1 aliphatic rings. The van der Waals surface area contributed by atoms with Crippen LogP contribution in [-0.2, 0) is 22.6 Å². The molecule has 1 saturated heterocycles. The third kappa shape index (κ3) is 5.91. The number of likely N-dealkylation sites (tertiary alicyclic amines) is 1. The average Bonchev–Trinajstić information content (AvgIpc) is 3.22. The molecule has 1 heterocycles. The molecule has 1 aliphatic heterocycles. The summed E-state index contributed by atoms with van der Waals surface area (Å²) in [5.74, 6) is -0.583. The molecule has 0 radical (unpaired) electrons. The summed E-state index contributed by atoms with van der Waals surface area (Å²) >= 11 is 5.97. The first kappa shape index (κ1) is 26.5. The Bertz CT molecular complexity index is 1170. The summed E-state index contributed by atoms with van der Waals surface area (Å²) in [6, 6.07) is 7.49. The fraction of sp³-hybridized carbons (Fsp3) is 0.435. The number of nitrogens with zero attached hydrogens (tertiary/aromatic N) is 1. The molecule has 0 saturated carbocycles. The largest absolute Gasteiger partial charge is 0.416 e. The van der Waals surface area contributed by atoms with E-state index in [9.17, 15) is 26.4 Å². The van der Waals surface area contributed by atoms with Crippen LogP contribution in [0, 0.1) is 5.92 Å². The minimum absolute atomic E-state index is 0.0110. The molecule has 6 nitrogen and oxygen atoms in total. The molecule has 0 aliphatic carbocycles. The van der Waals surface area contributed by atoms with Crippen molar-refractivity contribution in [1.82, 2.24) is 10.2 Å². The summed E-state index contributed by atoms with van der Waals surface area (Å²) in [4.78, 5) is 14.5. The highest BCUT2D eigenvalue weighted by Gasteiger charge is 2.37. The van der Waals surface area contributed by atoms with Gasteiger partial charge in [-0.15, -0.1) is 0 Å². The van der Waals surface area contributed by atoms with Gasteiger partial charge in [-0.25, -0.2) is 8.42 Å². The molecule has 0 aromatic heterocycles. The maximum Gasteiger partial charge on any atom is 0.416 e. The predicted octanol–water partition coefficient (Wildman–Crippen LogP) is 4.38. The van der Waals surface area contributed by atoms with E-state index in [1.165, 1.54) is 37.3 Å². The van der Waals surface area contributed by atoms with E-state index in [1.54, 1.807) is 4.90 Å². The Morgan fingerprint density at radius 1 is 1.26 bits per heavy atom. The van der Waals surface area contributed by atoms with Crippen molar-refractivity contribution in [2.24, 2.45) is 11.7 Å². The number of carbonyl (C=O) groups excluding carboxylic acids is 1. The highest BCUT2D eigenvalue weighted by Crippen LogP contribution is 2.37. The second kappa shape index (κ2) is 10.2. The summed E-state index contributed by atoms with van der Waals surface area (Å²) < 4.78 is 66.2. The van der Waals surface area contributed by atoms with Crippen LogP contribution in [-0.4, -0.2) is 38.1 Å². The van der Waals surface area contributed by atoms with Gasteiger partial charge in [-0.3, -0.25) is 9.69 Å². The second-order valence-electron chi connectivity index (χ2n) is 8.47. The molecular weight excluding hydrogens is 491 g/mol. The van der Waals surface area contributed by atoms with Crippen molar-refractivity contribution in [3.8, 4) is 0 Å². The molecule has 34 heavy (non-hydrogen) atoms. The fourth-order valence-electron chi connectivity index (χ4n) is 4.04. The zero-order chi connectivity index (χ0) is 25.3. The molecule has 0 spiro atoms. The maximum absolute atomic E-state index is 13.8. The quantitative estimate of drug-likeness (QED) is 0.568. The Balaban J connectivity index is 1.86. The third-order valence-corrected chi connectivity index (χ3v) is 8.03. The minimum Gasteiger partial charge on any atom is -0.348 e. The van der Waals surface area contributed by atoms with Gasteiger partial charge in [0.2, 0.25) is 0 Å². The fourth-order valence-corrected chi connectivity index (χ4v) is 5.35. The number of nitrogens with two attached hydrogens (primary N) is 1. The van der Waals surface area contributed by atoms with E-state index < -0.39 is 33.6 Å². The van der Waals surface area contributed by atoms with Gasteiger partial charge in [-0.2, -0.15) is 13.2 Å². The summed E-state index contributed by atoms with van der Waals surface area (Å²) in [6.07, 6.45) is -4.79. The van der Waals surface area contributed by atoms with Gasteiger partial charge in [0, 0.05) is 30.2 Å². The Labute approximate surface area is 202 Å². The van der Waals surface area contributed by atoms with E-state index in [-0.39, 0.29) is 38.9 Å². The van der Waals surface area contributed by atoms with Crippen molar-refractivity contribution >= 4 is 27.3 Å². The third-order valence-electron chi connectivity index (χ3n) is 5.97. The molecule has 2 aromatic rings. The molecule has 3 N–H and O–H groups in total. The van der Waals surface area contributed by atoms with Crippen LogP contribution in [0.2, 0.25) is 5.02 Å². The molecule has 1 fully saturated rings. The van der Waals surface area contributed by atoms with Crippen molar-refractivity contribution < 1.29 is 26.4 Å². The van der Waals surface area contributed by atoms with Crippen LogP contribution in [0.15, 0.2) is 41.3 Å². The molecule has 1 unspecified atom stereocenters. The molecular formula is C23H27ClF3N3O3S. The number of hydrogen-bond donors (Lipinski definition) is 2. The lowest BCUT2D eigenvalue weighted by atomic mass is 10.00. The molecule has 2 atom stereocenters. The van der Waals surface area contributed by atoms with Gasteiger partial charge in [0.05, 0.1) is 22.4 Å². The first-order chi connectivity index (χ1) is 15.8. The first-order valence-electron chi connectivity index (χ1n) is 10.8. The molecule has 11 heteroatoms. The van der Waals surface area contributed by atoms with Gasteiger partial charge in [0.15, 0.2) is 9.84 Å². The zero-order valence-corrected chi connectivity index (χ0v) is 20.4. The van der Waals surface area contributed by atoms with Crippen LogP contribution in [0.3, 0.4) is 0 Å². The minimum atomic E-state index is -4.70. The first-order valence-corrected chi connectivity index (χ1v) is 12.9. The number of carbonyl (C=O) groups is 1. The van der Waals surface area contributed by atoms with Crippen LogP contribution >= 0.6 is 11.6 Å². The van der Waals surface area contributed by atoms with Crippen LogP contribution in [0.4, 0.5) is 13.2 Å². The van der Waals surface area contributed by atoms with Crippen molar-refractivity contribution in [1.29, 1.82) is 0 Å². The van der Waals surface area contributed by atoms with Crippen LogP contribution in [0.1, 0.15) is 53.5 Å². The van der Waals surface area contributed by atoms with Crippen molar-refractivity contribution in [2.45, 2.75) is 44.1 Å². The van der Waals surface area contributed by atoms with E-state index in [4.69, 9.17) is 17.3 Å². The number of sulfone groups is 1. The Morgan fingerprint density at radius 2 is 1.97 bits per heavy atom. The number of amides is 1. The lowest BCUT2D eigenvalue weighted by Gasteiger charge is -2.27. The molecule has 0 bridgehead atoms. The van der Waals surface area contributed by atoms with Crippen LogP contribution < -0.4 is 11.1 Å². The number of alkyl halides is 3. The van der Waals surface area contributed by atoms with Crippen LogP contribution in [0.25, 0.3) is 0 Å². The SMILES string of the molecule is CCS(=O)(=O)c1ccc(Cl)cc1CNC(=O)c1ccc([C@H](N)N2CCC(C)C2)c(C(F)(F)F)c1. The lowest BCUT2D eigenvalue weighted by Crippen LogP contribution is -2.34. The highest BCUT2D eigenvalue weighted by molar-refractivity contribution is 7.91.